The van der Waals surface area contributed by atoms with Gasteiger partial charge in [-0.05, 0) is 13.0 Å². The van der Waals surface area contributed by atoms with Gasteiger partial charge in [-0.1, -0.05) is 13.8 Å². The van der Waals surface area contributed by atoms with Gasteiger partial charge in [0.2, 0.25) is 0 Å². The Labute approximate surface area is 106 Å². The second-order valence-corrected chi connectivity index (χ2v) is 5.89. The van der Waals surface area contributed by atoms with Crippen molar-refractivity contribution in [3.63, 3.8) is 0 Å². The van der Waals surface area contributed by atoms with Gasteiger partial charge in [-0.25, -0.2) is 4.98 Å². The number of amides is 1. The van der Waals surface area contributed by atoms with Crippen LogP contribution in [-0.2, 0) is 13.0 Å². The van der Waals surface area contributed by atoms with Gasteiger partial charge in [-0.3, -0.25) is 4.79 Å². The van der Waals surface area contributed by atoms with Crippen LogP contribution in [0.5, 0.6) is 0 Å². The summed E-state index contributed by atoms with van der Waals surface area (Å²) in [5.74, 6) is 0.685. The molecule has 1 aromatic rings. The lowest BCUT2D eigenvalue weighted by atomic mass is 10.1. The maximum atomic E-state index is 12.2. The van der Waals surface area contributed by atoms with Gasteiger partial charge < -0.3 is 10.2 Å². The third kappa shape index (κ3) is 2.66. The van der Waals surface area contributed by atoms with E-state index in [2.05, 4.69) is 24.1 Å². The second-order valence-electron chi connectivity index (χ2n) is 4.81. The fraction of sp³-hybridized carbons (Fsp3) is 0.667. The lowest BCUT2D eigenvalue weighted by Crippen LogP contribution is -2.39. The van der Waals surface area contributed by atoms with E-state index in [-0.39, 0.29) is 5.91 Å². The first-order valence-corrected chi connectivity index (χ1v) is 6.86. The van der Waals surface area contributed by atoms with Crippen molar-refractivity contribution in [1.82, 2.24) is 15.2 Å². The number of nitrogens with one attached hydrogen (secondary N) is 1. The van der Waals surface area contributed by atoms with Gasteiger partial charge in [0, 0.05) is 26.1 Å². The van der Waals surface area contributed by atoms with Gasteiger partial charge in [-0.2, -0.15) is 0 Å². The van der Waals surface area contributed by atoms with Crippen LogP contribution < -0.4 is 5.32 Å². The molecule has 0 aromatic carbocycles. The number of hydrogen-bond donors (Lipinski definition) is 1. The molecule has 1 N–H and O–H groups in total. The quantitative estimate of drug-likeness (QED) is 0.885. The summed E-state index contributed by atoms with van der Waals surface area (Å²) in [5.41, 5.74) is 0.991. The molecule has 0 aliphatic carbocycles. The normalized spacial score (nSPS) is 15.5. The molecule has 0 saturated heterocycles. The zero-order valence-electron chi connectivity index (χ0n) is 10.6. The average molecular weight is 253 g/mol. The molecule has 1 aromatic heterocycles. The topological polar surface area (TPSA) is 45.2 Å². The van der Waals surface area contributed by atoms with E-state index in [9.17, 15) is 4.79 Å². The SMILES string of the molecule is CNCc1nc2c(s1)C(=O)N(CC(C)C)CC2. The molecule has 2 heterocycles. The number of nitrogens with zero attached hydrogens (tertiary/aromatic N) is 2. The number of rotatable bonds is 4. The molecule has 0 atom stereocenters. The third-order valence-electron chi connectivity index (χ3n) is 2.76. The van der Waals surface area contributed by atoms with Crippen LogP contribution in [0.25, 0.3) is 0 Å². The van der Waals surface area contributed by atoms with Crippen molar-refractivity contribution in [3.05, 3.63) is 15.6 Å². The second kappa shape index (κ2) is 5.14. The molecule has 0 saturated carbocycles. The van der Waals surface area contributed by atoms with Crippen molar-refractivity contribution in [2.45, 2.75) is 26.8 Å². The molecular formula is C12H19N3OS. The molecule has 1 amide bonds. The lowest BCUT2D eigenvalue weighted by Gasteiger charge is -2.27. The Morgan fingerprint density at radius 1 is 1.53 bits per heavy atom. The van der Waals surface area contributed by atoms with Crippen molar-refractivity contribution < 1.29 is 4.79 Å². The number of thiazole rings is 1. The standard InChI is InChI=1S/C12H19N3OS/c1-8(2)7-15-5-4-9-11(12(15)16)17-10(14-9)6-13-3/h8,13H,4-7H2,1-3H3. The average Bonchev–Trinajstić information content (AvgIpc) is 2.66. The maximum Gasteiger partial charge on any atom is 0.265 e. The minimum absolute atomic E-state index is 0.166. The summed E-state index contributed by atoms with van der Waals surface area (Å²) < 4.78 is 0. The minimum Gasteiger partial charge on any atom is -0.337 e. The van der Waals surface area contributed by atoms with Gasteiger partial charge in [0.25, 0.3) is 5.91 Å². The molecule has 0 bridgehead atoms. The van der Waals surface area contributed by atoms with Crippen LogP contribution in [0.4, 0.5) is 0 Å². The predicted octanol–water partition coefficient (Wildman–Crippen LogP) is 1.52. The van der Waals surface area contributed by atoms with Gasteiger partial charge >= 0.3 is 0 Å². The predicted molar refractivity (Wildman–Crippen MR) is 69.3 cm³/mol. The number of carbonyl (C=O) groups is 1. The van der Waals surface area contributed by atoms with Crippen molar-refractivity contribution in [2.75, 3.05) is 20.1 Å². The molecule has 17 heavy (non-hydrogen) atoms. The summed E-state index contributed by atoms with van der Waals surface area (Å²) in [6.45, 7) is 6.68. The highest BCUT2D eigenvalue weighted by Crippen LogP contribution is 2.25. The number of aromatic nitrogens is 1. The maximum absolute atomic E-state index is 12.2. The third-order valence-corrected chi connectivity index (χ3v) is 3.84. The first-order valence-electron chi connectivity index (χ1n) is 6.04. The van der Waals surface area contributed by atoms with Crippen LogP contribution in [0.2, 0.25) is 0 Å². The van der Waals surface area contributed by atoms with E-state index >= 15 is 0 Å². The van der Waals surface area contributed by atoms with Crippen LogP contribution in [0.1, 0.15) is 34.2 Å². The molecule has 0 radical (unpaired) electrons. The Balaban J connectivity index is 2.17. The summed E-state index contributed by atoms with van der Waals surface area (Å²) in [4.78, 5) is 19.6. The fourth-order valence-electron chi connectivity index (χ4n) is 2.07. The Morgan fingerprint density at radius 2 is 2.29 bits per heavy atom. The highest BCUT2D eigenvalue weighted by molar-refractivity contribution is 7.13. The van der Waals surface area contributed by atoms with Crippen LogP contribution in [-0.4, -0.2) is 35.9 Å². The highest BCUT2D eigenvalue weighted by Gasteiger charge is 2.28. The molecule has 2 rings (SSSR count). The van der Waals surface area contributed by atoms with E-state index in [1.54, 1.807) is 0 Å². The van der Waals surface area contributed by atoms with Crippen molar-refractivity contribution in [1.29, 1.82) is 0 Å². The van der Waals surface area contributed by atoms with Crippen LogP contribution in [0, 0.1) is 5.92 Å². The summed E-state index contributed by atoms with van der Waals surface area (Å²) in [7, 11) is 1.90. The first-order chi connectivity index (χ1) is 8.11. The van der Waals surface area contributed by atoms with E-state index in [0.717, 1.165) is 41.6 Å². The summed E-state index contributed by atoms with van der Waals surface area (Å²) >= 11 is 1.53. The van der Waals surface area contributed by atoms with E-state index in [4.69, 9.17) is 0 Å². The summed E-state index contributed by atoms with van der Waals surface area (Å²) in [6.07, 6.45) is 0.897. The highest BCUT2D eigenvalue weighted by atomic mass is 32.1. The van der Waals surface area contributed by atoms with E-state index in [0.29, 0.717) is 5.92 Å². The van der Waals surface area contributed by atoms with Crippen molar-refractivity contribution in [3.8, 4) is 0 Å². The molecule has 94 valence electrons. The zero-order valence-corrected chi connectivity index (χ0v) is 11.4. The molecule has 4 nitrogen and oxygen atoms in total. The molecule has 1 aliphatic heterocycles. The Hall–Kier alpha value is -0.940. The molecule has 0 unspecified atom stereocenters. The summed E-state index contributed by atoms with van der Waals surface area (Å²) in [6, 6.07) is 0. The number of hydrogen-bond acceptors (Lipinski definition) is 4. The monoisotopic (exact) mass is 253 g/mol. The number of fused-ring (bicyclic) bond motifs is 1. The molecule has 1 aliphatic rings. The summed E-state index contributed by atoms with van der Waals surface area (Å²) in [5, 5.41) is 4.09. The van der Waals surface area contributed by atoms with Crippen LogP contribution in [0.15, 0.2) is 0 Å². The van der Waals surface area contributed by atoms with E-state index in [1.165, 1.54) is 11.3 Å². The molecule has 0 fully saturated rings. The van der Waals surface area contributed by atoms with E-state index < -0.39 is 0 Å². The van der Waals surface area contributed by atoms with Gasteiger partial charge in [-0.15, -0.1) is 11.3 Å². The Bertz CT molecular complexity index is 414. The Morgan fingerprint density at radius 3 is 2.94 bits per heavy atom. The minimum atomic E-state index is 0.166. The van der Waals surface area contributed by atoms with Crippen molar-refractivity contribution >= 4 is 17.2 Å². The van der Waals surface area contributed by atoms with Gasteiger partial charge in [0.15, 0.2) is 0 Å². The fourth-order valence-corrected chi connectivity index (χ4v) is 3.16. The van der Waals surface area contributed by atoms with Gasteiger partial charge in [0.05, 0.1) is 5.69 Å². The zero-order chi connectivity index (χ0) is 12.4. The van der Waals surface area contributed by atoms with Crippen LogP contribution >= 0.6 is 11.3 Å². The van der Waals surface area contributed by atoms with Crippen LogP contribution in [0.3, 0.4) is 0 Å². The Kier molecular flexibility index (Phi) is 3.79. The largest absolute Gasteiger partial charge is 0.337 e. The molecular weight excluding hydrogens is 234 g/mol. The van der Waals surface area contributed by atoms with Gasteiger partial charge in [0.1, 0.15) is 9.88 Å². The van der Waals surface area contributed by atoms with E-state index in [1.807, 2.05) is 11.9 Å². The smallest absolute Gasteiger partial charge is 0.265 e. The molecule has 5 heteroatoms. The molecule has 0 spiro atoms. The van der Waals surface area contributed by atoms with Crippen molar-refractivity contribution in [2.24, 2.45) is 5.92 Å². The number of carbonyl (C=O) groups excluding carboxylic acids is 1. The first kappa shape index (κ1) is 12.5. The lowest BCUT2D eigenvalue weighted by molar-refractivity contribution is 0.0724.